The molecule has 110 valence electrons. The Hall–Kier alpha value is -1.65. The van der Waals surface area contributed by atoms with Crippen LogP contribution in [0.4, 0.5) is 10.1 Å². The van der Waals surface area contributed by atoms with Crippen LogP contribution < -0.4 is 14.8 Å². The van der Waals surface area contributed by atoms with Crippen molar-refractivity contribution >= 4 is 28.9 Å². The second-order valence-electron chi connectivity index (χ2n) is 4.58. The van der Waals surface area contributed by atoms with Gasteiger partial charge >= 0.3 is 0 Å². The summed E-state index contributed by atoms with van der Waals surface area (Å²) in [5.41, 5.74) is 1.25. The SMILES string of the molecule is Fc1cc(Cl)ccc1NCc1cc(Cl)c2c(c1)OCCO2. The predicted molar refractivity (Wildman–Crippen MR) is 81.2 cm³/mol. The van der Waals surface area contributed by atoms with E-state index < -0.39 is 5.82 Å². The third-order valence-corrected chi connectivity index (χ3v) is 3.59. The Morgan fingerprint density at radius 3 is 2.71 bits per heavy atom. The Labute approximate surface area is 131 Å². The first kappa shape index (κ1) is 14.3. The van der Waals surface area contributed by atoms with Gasteiger partial charge in [-0.15, -0.1) is 0 Å². The summed E-state index contributed by atoms with van der Waals surface area (Å²) in [7, 11) is 0. The lowest BCUT2D eigenvalue weighted by Gasteiger charge is -2.20. The molecule has 1 heterocycles. The molecule has 0 fully saturated rings. The van der Waals surface area contributed by atoms with Crippen LogP contribution in [0.25, 0.3) is 0 Å². The Morgan fingerprint density at radius 2 is 1.90 bits per heavy atom. The van der Waals surface area contributed by atoms with Crippen LogP contribution in [0.2, 0.25) is 10.0 Å². The molecule has 0 aromatic heterocycles. The zero-order valence-corrected chi connectivity index (χ0v) is 12.5. The summed E-state index contributed by atoms with van der Waals surface area (Å²) in [6.07, 6.45) is 0. The zero-order chi connectivity index (χ0) is 14.8. The van der Waals surface area contributed by atoms with Gasteiger partial charge in [0.05, 0.1) is 10.7 Å². The van der Waals surface area contributed by atoms with Crippen LogP contribution in [0, 0.1) is 5.82 Å². The minimum Gasteiger partial charge on any atom is -0.486 e. The highest BCUT2D eigenvalue weighted by molar-refractivity contribution is 6.32. The number of benzene rings is 2. The average Bonchev–Trinajstić information content (AvgIpc) is 2.46. The molecule has 0 saturated carbocycles. The van der Waals surface area contributed by atoms with E-state index in [1.54, 1.807) is 18.2 Å². The number of halogens is 3. The van der Waals surface area contributed by atoms with Crippen LogP contribution >= 0.6 is 23.2 Å². The average molecular weight is 328 g/mol. The molecule has 0 aliphatic carbocycles. The Kier molecular flexibility index (Phi) is 4.08. The second-order valence-corrected chi connectivity index (χ2v) is 5.42. The number of ether oxygens (including phenoxy) is 2. The molecule has 2 aromatic carbocycles. The van der Waals surface area contributed by atoms with Gasteiger partial charge in [0.2, 0.25) is 0 Å². The number of nitrogens with one attached hydrogen (secondary N) is 1. The lowest BCUT2D eigenvalue weighted by Crippen LogP contribution is -2.16. The van der Waals surface area contributed by atoms with Crippen molar-refractivity contribution in [1.82, 2.24) is 0 Å². The molecule has 6 heteroatoms. The van der Waals surface area contributed by atoms with E-state index in [2.05, 4.69) is 5.32 Å². The molecule has 2 aromatic rings. The fraction of sp³-hybridized carbons (Fsp3) is 0.200. The van der Waals surface area contributed by atoms with Gasteiger partial charge in [-0.3, -0.25) is 0 Å². The smallest absolute Gasteiger partial charge is 0.179 e. The minimum atomic E-state index is -0.397. The molecular weight excluding hydrogens is 316 g/mol. The Bertz CT molecular complexity index is 679. The molecule has 0 unspecified atom stereocenters. The van der Waals surface area contributed by atoms with Crippen molar-refractivity contribution in [3.8, 4) is 11.5 Å². The van der Waals surface area contributed by atoms with Crippen LogP contribution in [0.15, 0.2) is 30.3 Å². The monoisotopic (exact) mass is 327 g/mol. The molecule has 0 atom stereocenters. The van der Waals surface area contributed by atoms with Crippen molar-refractivity contribution in [3.05, 3.63) is 51.8 Å². The highest BCUT2D eigenvalue weighted by Gasteiger charge is 2.16. The summed E-state index contributed by atoms with van der Waals surface area (Å²) in [4.78, 5) is 0. The minimum absolute atomic E-state index is 0.362. The van der Waals surface area contributed by atoms with Crippen LogP contribution in [-0.4, -0.2) is 13.2 Å². The van der Waals surface area contributed by atoms with Gasteiger partial charge in [0.25, 0.3) is 0 Å². The number of hydrogen-bond acceptors (Lipinski definition) is 3. The van der Waals surface area contributed by atoms with E-state index >= 15 is 0 Å². The van der Waals surface area contributed by atoms with E-state index in [-0.39, 0.29) is 0 Å². The molecule has 3 rings (SSSR count). The summed E-state index contributed by atoms with van der Waals surface area (Å²) < 4.78 is 24.6. The van der Waals surface area contributed by atoms with E-state index in [0.29, 0.717) is 47.0 Å². The van der Waals surface area contributed by atoms with E-state index in [4.69, 9.17) is 32.7 Å². The van der Waals surface area contributed by atoms with Crippen molar-refractivity contribution in [3.63, 3.8) is 0 Å². The van der Waals surface area contributed by atoms with E-state index in [0.717, 1.165) is 5.56 Å². The summed E-state index contributed by atoms with van der Waals surface area (Å²) >= 11 is 11.9. The van der Waals surface area contributed by atoms with Crippen molar-refractivity contribution in [2.75, 3.05) is 18.5 Å². The Balaban J connectivity index is 1.77. The van der Waals surface area contributed by atoms with Crippen molar-refractivity contribution in [2.45, 2.75) is 6.54 Å². The van der Waals surface area contributed by atoms with Crippen LogP contribution in [-0.2, 0) is 6.54 Å². The topological polar surface area (TPSA) is 30.5 Å². The van der Waals surface area contributed by atoms with E-state index in [1.165, 1.54) is 6.07 Å². The van der Waals surface area contributed by atoms with Gasteiger partial charge in [-0.2, -0.15) is 0 Å². The first-order chi connectivity index (χ1) is 10.1. The van der Waals surface area contributed by atoms with Gasteiger partial charge in [-0.1, -0.05) is 23.2 Å². The molecule has 3 nitrogen and oxygen atoms in total. The number of anilines is 1. The first-order valence-electron chi connectivity index (χ1n) is 6.40. The van der Waals surface area contributed by atoms with Crippen LogP contribution in [0.3, 0.4) is 0 Å². The third kappa shape index (κ3) is 3.17. The fourth-order valence-corrected chi connectivity index (χ4v) is 2.54. The number of fused-ring (bicyclic) bond motifs is 1. The van der Waals surface area contributed by atoms with Gasteiger partial charge in [-0.25, -0.2) is 4.39 Å². The summed E-state index contributed by atoms with van der Waals surface area (Å²) in [6, 6.07) is 8.10. The lowest BCUT2D eigenvalue weighted by atomic mass is 10.2. The molecule has 0 saturated heterocycles. The maximum atomic E-state index is 13.7. The van der Waals surface area contributed by atoms with Crippen molar-refractivity contribution < 1.29 is 13.9 Å². The summed E-state index contributed by atoms with van der Waals surface area (Å²) in [5, 5.41) is 3.85. The van der Waals surface area contributed by atoms with Gasteiger partial charge < -0.3 is 14.8 Å². The normalized spacial score (nSPS) is 13.1. The molecule has 21 heavy (non-hydrogen) atoms. The standard InChI is InChI=1S/C15H12Cl2FNO2/c16-10-1-2-13(12(18)7-10)19-8-9-5-11(17)15-14(6-9)20-3-4-21-15/h1-2,5-7,19H,3-4,8H2. The molecule has 1 aliphatic heterocycles. The van der Waals surface area contributed by atoms with Crippen LogP contribution in [0.5, 0.6) is 11.5 Å². The summed E-state index contributed by atoms with van der Waals surface area (Å²) in [6.45, 7) is 1.39. The fourth-order valence-electron chi connectivity index (χ4n) is 2.10. The zero-order valence-electron chi connectivity index (χ0n) is 11.0. The van der Waals surface area contributed by atoms with E-state index in [9.17, 15) is 4.39 Å². The maximum absolute atomic E-state index is 13.7. The van der Waals surface area contributed by atoms with Crippen molar-refractivity contribution in [1.29, 1.82) is 0 Å². The predicted octanol–water partition coefficient (Wildman–Crippen LogP) is 4.52. The summed E-state index contributed by atoms with van der Waals surface area (Å²) in [5.74, 6) is 0.776. The van der Waals surface area contributed by atoms with E-state index in [1.807, 2.05) is 6.07 Å². The quantitative estimate of drug-likeness (QED) is 0.899. The van der Waals surface area contributed by atoms with Gasteiger partial charge in [0.15, 0.2) is 11.5 Å². The highest BCUT2D eigenvalue weighted by Crippen LogP contribution is 2.38. The molecule has 0 spiro atoms. The molecule has 1 aliphatic rings. The molecule has 0 amide bonds. The van der Waals surface area contributed by atoms with Gasteiger partial charge in [0, 0.05) is 11.6 Å². The highest BCUT2D eigenvalue weighted by atomic mass is 35.5. The van der Waals surface area contributed by atoms with Crippen LogP contribution in [0.1, 0.15) is 5.56 Å². The van der Waals surface area contributed by atoms with Gasteiger partial charge in [0.1, 0.15) is 19.0 Å². The number of hydrogen-bond donors (Lipinski definition) is 1. The largest absolute Gasteiger partial charge is 0.486 e. The Morgan fingerprint density at radius 1 is 1.10 bits per heavy atom. The molecule has 1 N–H and O–H groups in total. The van der Waals surface area contributed by atoms with Gasteiger partial charge in [-0.05, 0) is 35.9 Å². The van der Waals surface area contributed by atoms with Crippen molar-refractivity contribution in [2.24, 2.45) is 0 Å². The molecule has 0 radical (unpaired) electrons. The maximum Gasteiger partial charge on any atom is 0.179 e. The molecule has 0 bridgehead atoms. The third-order valence-electron chi connectivity index (χ3n) is 3.07. The second kappa shape index (κ2) is 6.00. The lowest BCUT2D eigenvalue weighted by molar-refractivity contribution is 0.171. The first-order valence-corrected chi connectivity index (χ1v) is 7.16. The number of rotatable bonds is 3. The molecular formula is C15H12Cl2FNO2.